The van der Waals surface area contributed by atoms with Crippen LogP contribution in [0.4, 0.5) is 15.8 Å². The fraction of sp³-hybridized carbons (Fsp3) is 0.333. The number of nitrogens with one attached hydrogen (secondary N) is 1. The lowest BCUT2D eigenvalue weighted by atomic mass is 10.1. The third-order valence-electron chi connectivity index (χ3n) is 3.97. The minimum Gasteiger partial charge on any atom is -0.372 e. The highest BCUT2D eigenvalue weighted by Gasteiger charge is 2.24. The molecular formula is C18H19ClFN3O2. The molecule has 0 spiro atoms. The zero-order chi connectivity index (χ0) is 18.0. The minimum atomic E-state index is -0.432. The molecule has 132 valence electrons. The number of anilines is 2. The van der Waals surface area contributed by atoms with Crippen LogP contribution in [-0.4, -0.2) is 36.2 Å². The van der Waals surface area contributed by atoms with Crippen LogP contribution in [0.5, 0.6) is 0 Å². The number of aromatic nitrogens is 1. The van der Waals surface area contributed by atoms with Gasteiger partial charge in [-0.2, -0.15) is 0 Å². The number of carbonyl (C=O) groups excluding carboxylic acids is 1. The predicted molar refractivity (Wildman–Crippen MR) is 95.8 cm³/mol. The molecule has 1 aliphatic rings. The van der Waals surface area contributed by atoms with Gasteiger partial charge in [0.1, 0.15) is 11.0 Å². The number of rotatable bonds is 3. The van der Waals surface area contributed by atoms with Crippen LogP contribution in [0.1, 0.15) is 24.2 Å². The van der Waals surface area contributed by atoms with Crippen molar-refractivity contribution in [3.8, 4) is 0 Å². The molecule has 1 saturated heterocycles. The molecule has 2 aromatic rings. The van der Waals surface area contributed by atoms with Gasteiger partial charge in [0.25, 0.3) is 5.91 Å². The van der Waals surface area contributed by atoms with Gasteiger partial charge in [-0.15, -0.1) is 0 Å². The Morgan fingerprint density at radius 3 is 2.68 bits per heavy atom. The van der Waals surface area contributed by atoms with Gasteiger partial charge in [-0.1, -0.05) is 11.6 Å². The van der Waals surface area contributed by atoms with Crippen LogP contribution < -0.4 is 10.2 Å². The molecule has 0 bridgehead atoms. The number of halogens is 2. The van der Waals surface area contributed by atoms with Crippen molar-refractivity contribution < 1.29 is 13.9 Å². The van der Waals surface area contributed by atoms with Crippen molar-refractivity contribution in [1.29, 1.82) is 0 Å². The molecule has 1 aliphatic heterocycles. The number of nitrogens with zero attached hydrogens (tertiary/aromatic N) is 2. The molecule has 2 unspecified atom stereocenters. The van der Waals surface area contributed by atoms with E-state index >= 15 is 0 Å². The fourth-order valence-corrected chi connectivity index (χ4v) is 3.17. The molecule has 1 fully saturated rings. The Morgan fingerprint density at radius 1 is 1.32 bits per heavy atom. The van der Waals surface area contributed by atoms with Gasteiger partial charge < -0.3 is 15.0 Å². The van der Waals surface area contributed by atoms with Crippen LogP contribution in [0.15, 0.2) is 36.5 Å². The highest BCUT2D eigenvalue weighted by atomic mass is 35.5. The first-order valence-electron chi connectivity index (χ1n) is 8.06. The first-order valence-corrected chi connectivity index (χ1v) is 8.43. The molecule has 0 aliphatic carbocycles. The molecule has 1 aromatic carbocycles. The number of morpholine rings is 1. The second-order valence-corrected chi connectivity index (χ2v) is 6.48. The van der Waals surface area contributed by atoms with Crippen molar-refractivity contribution in [1.82, 2.24) is 4.98 Å². The van der Waals surface area contributed by atoms with Crippen LogP contribution in [0.2, 0.25) is 5.15 Å². The summed E-state index contributed by atoms with van der Waals surface area (Å²) in [5.41, 5.74) is 1.10. The summed E-state index contributed by atoms with van der Waals surface area (Å²) >= 11 is 5.91. The highest BCUT2D eigenvalue weighted by molar-refractivity contribution is 6.33. The number of carbonyl (C=O) groups is 1. The van der Waals surface area contributed by atoms with Gasteiger partial charge in [0.15, 0.2) is 0 Å². The maximum Gasteiger partial charge on any atom is 0.258 e. The SMILES string of the molecule is CC1CN(c2ccc(NC(=O)c3cccnc3Cl)cc2F)CC(C)O1. The van der Waals surface area contributed by atoms with Gasteiger partial charge in [0, 0.05) is 25.0 Å². The summed E-state index contributed by atoms with van der Waals surface area (Å²) in [6.45, 7) is 5.18. The van der Waals surface area contributed by atoms with Gasteiger partial charge in [-0.3, -0.25) is 4.79 Å². The lowest BCUT2D eigenvalue weighted by Gasteiger charge is -2.37. The quantitative estimate of drug-likeness (QED) is 0.844. The Morgan fingerprint density at radius 2 is 2.04 bits per heavy atom. The standard InChI is InChI=1S/C18H19ClFN3O2/c1-11-9-23(10-12(2)25-11)16-6-5-13(8-15(16)20)22-18(24)14-4-3-7-21-17(14)19/h3-8,11-12H,9-10H2,1-2H3,(H,22,24). The van der Waals surface area contributed by atoms with E-state index in [1.54, 1.807) is 24.3 Å². The first kappa shape index (κ1) is 17.6. The van der Waals surface area contributed by atoms with Gasteiger partial charge in [0.05, 0.1) is 23.5 Å². The lowest BCUT2D eigenvalue weighted by molar-refractivity contribution is -0.00539. The number of hydrogen-bond donors (Lipinski definition) is 1. The molecule has 0 radical (unpaired) electrons. The monoisotopic (exact) mass is 363 g/mol. The number of hydrogen-bond acceptors (Lipinski definition) is 4. The molecule has 7 heteroatoms. The predicted octanol–water partition coefficient (Wildman–Crippen LogP) is 3.74. The Hall–Kier alpha value is -2.18. The maximum absolute atomic E-state index is 14.5. The Labute approximate surface area is 150 Å². The summed E-state index contributed by atoms with van der Waals surface area (Å²) in [6.07, 6.45) is 1.57. The summed E-state index contributed by atoms with van der Waals surface area (Å²) in [6, 6.07) is 7.82. The summed E-state index contributed by atoms with van der Waals surface area (Å²) in [7, 11) is 0. The zero-order valence-corrected chi connectivity index (χ0v) is 14.8. The van der Waals surface area contributed by atoms with Crippen molar-refractivity contribution in [2.75, 3.05) is 23.3 Å². The molecule has 5 nitrogen and oxygen atoms in total. The fourth-order valence-electron chi connectivity index (χ4n) is 2.97. The summed E-state index contributed by atoms with van der Waals surface area (Å²) in [4.78, 5) is 18.1. The molecule has 1 aromatic heterocycles. The molecule has 0 saturated carbocycles. The van der Waals surface area contributed by atoms with Crippen LogP contribution in [0.25, 0.3) is 0 Å². The van der Waals surface area contributed by atoms with E-state index in [0.717, 1.165) is 0 Å². The number of ether oxygens (including phenoxy) is 1. The van der Waals surface area contributed by atoms with Crippen LogP contribution in [0.3, 0.4) is 0 Å². The average Bonchev–Trinajstić information content (AvgIpc) is 2.54. The molecule has 2 atom stereocenters. The van der Waals surface area contributed by atoms with E-state index < -0.39 is 11.7 Å². The Balaban J connectivity index is 1.76. The smallest absolute Gasteiger partial charge is 0.258 e. The van der Waals surface area contributed by atoms with E-state index in [-0.39, 0.29) is 22.9 Å². The largest absolute Gasteiger partial charge is 0.372 e. The van der Waals surface area contributed by atoms with Gasteiger partial charge in [-0.25, -0.2) is 9.37 Å². The number of amides is 1. The zero-order valence-electron chi connectivity index (χ0n) is 14.0. The van der Waals surface area contributed by atoms with Gasteiger partial charge >= 0.3 is 0 Å². The van der Waals surface area contributed by atoms with Gasteiger partial charge in [-0.05, 0) is 44.2 Å². The van der Waals surface area contributed by atoms with Gasteiger partial charge in [0.2, 0.25) is 0 Å². The lowest BCUT2D eigenvalue weighted by Crippen LogP contribution is -2.45. The van der Waals surface area contributed by atoms with Crippen molar-refractivity contribution in [2.24, 2.45) is 0 Å². The topological polar surface area (TPSA) is 54.5 Å². The molecule has 25 heavy (non-hydrogen) atoms. The third-order valence-corrected chi connectivity index (χ3v) is 4.27. The first-order chi connectivity index (χ1) is 11.9. The minimum absolute atomic E-state index is 0.0373. The van der Waals surface area contributed by atoms with Crippen molar-refractivity contribution in [3.63, 3.8) is 0 Å². The summed E-state index contributed by atoms with van der Waals surface area (Å²) in [5.74, 6) is -0.824. The van der Waals surface area contributed by atoms with Crippen molar-refractivity contribution in [3.05, 3.63) is 53.1 Å². The average molecular weight is 364 g/mol. The summed E-state index contributed by atoms with van der Waals surface area (Å²) in [5, 5.41) is 2.75. The molecule has 3 rings (SSSR count). The Bertz CT molecular complexity index is 777. The Kier molecular flexibility index (Phi) is 5.20. The number of benzene rings is 1. The third kappa shape index (κ3) is 4.08. The van der Waals surface area contributed by atoms with Crippen molar-refractivity contribution in [2.45, 2.75) is 26.1 Å². The van der Waals surface area contributed by atoms with E-state index in [4.69, 9.17) is 16.3 Å². The summed E-state index contributed by atoms with van der Waals surface area (Å²) < 4.78 is 20.2. The number of pyridine rings is 1. The van der Waals surface area contributed by atoms with Crippen LogP contribution in [0, 0.1) is 5.82 Å². The highest BCUT2D eigenvalue weighted by Crippen LogP contribution is 2.26. The molecule has 1 amide bonds. The second kappa shape index (κ2) is 7.37. The van der Waals surface area contributed by atoms with E-state index in [0.29, 0.717) is 24.5 Å². The van der Waals surface area contributed by atoms with Crippen molar-refractivity contribution >= 4 is 28.9 Å². The molecule has 1 N–H and O–H groups in total. The second-order valence-electron chi connectivity index (χ2n) is 6.12. The van der Waals surface area contributed by atoms with E-state index in [1.807, 2.05) is 18.7 Å². The van der Waals surface area contributed by atoms with E-state index in [9.17, 15) is 9.18 Å². The normalized spacial score (nSPS) is 20.4. The van der Waals surface area contributed by atoms with E-state index in [1.165, 1.54) is 12.3 Å². The van der Waals surface area contributed by atoms with Crippen LogP contribution in [-0.2, 0) is 4.74 Å². The van der Waals surface area contributed by atoms with Crippen LogP contribution >= 0.6 is 11.6 Å². The van der Waals surface area contributed by atoms with E-state index in [2.05, 4.69) is 10.3 Å². The molecular weight excluding hydrogens is 345 g/mol. The maximum atomic E-state index is 14.5. The molecule has 2 heterocycles.